The summed E-state index contributed by atoms with van der Waals surface area (Å²) in [6.45, 7) is 11.9. The number of rotatable bonds is 4. The van der Waals surface area contributed by atoms with Crippen molar-refractivity contribution >= 4 is 17.5 Å². The predicted octanol–water partition coefficient (Wildman–Crippen LogP) is 4.23. The van der Waals surface area contributed by atoms with E-state index in [0.29, 0.717) is 33.3 Å². The van der Waals surface area contributed by atoms with Crippen LogP contribution in [0.25, 0.3) is 0 Å². The van der Waals surface area contributed by atoms with Crippen LogP contribution in [-0.2, 0) is 0 Å². The van der Waals surface area contributed by atoms with Gasteiger partial charge in [0.15, 0.2) is 0 Å². The van der Waals surface area contributed by atoms with Crippen molar-refractivity contribution < 1.29 is 9.53 Å². The number of amides is 1. The molecule has 1 fully saturated rings. The van der Waals surface area contributed by atoms with Crippen molar-refractivity contribution in [3.63, 3.8) is 0 Å². The maximum Gasteiger partial charge on any atom is 0.255 e. The second-order valence-corrected chi connectivity index (χ2v) is 9.13. The van der Waals surface area contributed by atoms with Crippen molar-refractivity contribution in [3.8, 4) is 11.8 Å². The lowest BCUT2D eigenvalue weighted by molar-refractivity contribution is -0.164. The second-order valence-electron chi connectivity index (χ2n) is 8.72. The molecule has 1 aliphatic carbocycles. The van der Waals surface area contributed by atoms with Gasteiger partial charge < -0.3 is 10.1 Å². The molecule has 152 valence electrons. The molecule has 3 rings (SSSR count). The maximum atomic E-state index is 13.0. The van der Waals surface area contributed by atoms with Crippen LogP contribution in [0.3, 0.4) is 0 Å². The summed E-state index contributed by atoms with van der Waals surface area (Å²) in [6, 6.07) is 6.99. The SMILES string of the molecule is Cc1ncnc(C)c1C(=O)NC1C(C)(C)C(Oc2ccc(C#N)c(Cl)c2)C1(C)C. The third-order valence-electron chi connectivity index (χ3n) is 5.88. The molecule has 1 aromatic carbocycles. The molecule has 0 bridgehead atoms. The minimum absolute atomic E-state index is 0.111. The molecule has 0 aliphatic heterocycles. The zero-order valence-corrected chi connectivity index (χ0v) is 18.3. The molecule has 7 heteroatoms. The Bertz CT molecular complexity index is 974. The van der Waals surface area contributed by atoms with Crippen molar-refractivity contribution in [1.82, 2.24) is 15.3 Å². The van der Waals surface area contributed by atoms with Gasteiger partial charge in [-0.15, -0.1) is 0 Å². The lowest BCUT2D eigenvalue weighted by atomic mass is 9.49. The van der Waals surface area contributed by atoms with E-state index in [1.165, 1.54) is 6.33 Å². The summed E-state index contributed by atoms with van der Waals surface area (Å²) in [5.74, 6) is 0.430. The van der Waals surface area contributed by atoms with Crippen LogP contribution in [0.5, 0.6) is 5.75 Å². The van der Waals surface area contributed by atoms with Crippen LogP contribution in [0, 0.1) is 36.0 Å². The summed E-state index contributed by atoms with van der Waals surface area (Å²) in [7, 11) is 0. The number of carbonyl (C=O) groups is 1. The van der Waals surface area contributed by atoms with Crippen molar-refractivity contribution in [2.75, 3.05) is 0 Å². The lowest BCUT2D eigenvalue weighted by Gasteiger charge is -2.63. The van der Waals surface area contributed by atoms with Crippen molar-refractivity contribution in [1.29, 1.82) is 5.26 Å². The number of ether oxygens (including phenoxy) is 1. The Hall–Kier alpha value is -2.65. The van der Waals surface area contributed by atoms with Gasteiger partial charge in [-0.1, -0.05) is 39.3 Å². The van der Waals surface area contributed by atoms with Crippen LogP contribution in [-0.4, -0.2) is 28.0 Å². The van der Waals surface area contributed by atoms with Crippen LogP contribution in [0.1, 0.15) is 55.0 Å². The van der Waals surface area contributed by atoms with Gasteiger partial charge in [-0.25, -0.2) is 9.97 Å². The van der Waals surface area contributed by atoms with E-state index < -0.39 is 0 Å². The van der Waals surface area contributed by atoms with Crippen molar-refractivity contribution in [2.45, 2.75) is 53.7 Å². The highest BCUT2D eigenvalue weighted by molar-refractivity contribution is 6.31. The molecule has 6 nitrogen and oxygen atoms in total. The minimum atomic E-state index is -0.322. The second kappa shape index (κ2) is 7.31. The summed E-state index contributed by atoms with van der Waals surface area (Å²) in [5.41, 5.74) is 1.60. The summed E-state index contributed by atoms with van der Waals surface area (Å²) >= 11 is 6.14. The van der Waals surface area contributed by atoms with Gasteiger partial charge >= 0.3 is 0 Å². The molecule has 0 spiro atoms. The predicted molar refractivity (Wildman–Crippen MR) is 111 cm³/mol. The lowest BCUT2D eigenvalue weighted by Crippen LogP contribution is -2.74. The van der Waals surface area contributed by atoms with Gasteiger partial charge in [0.25, 0.3) is 5.91 Å². The van der Waals surface area contributed by atoms with E-state index in [1.807, 2.05) is 6.07 Å². The molecule has 0 atom stereocenters. The molecule has 0 unspecified atom stereocenters. The van der Waals surface area contributed by atoms with Gasteiger partial charge in [-0.3, -0.25) is 4.79 Å². The molecule has 0 radical (unpaired) electrons. The van der Waals surface area contributed by atoms with Crippen LogP contribution >= 0.6 is 11.6 Å². The van der Waals surface area contributed by atoms with Crippen molar-refractivity contribution in [3.05, 3.63) is 52.1 Å². The molecule has 29 heavy (non-hydrogen) atoms. The summed E-state index contributed by atoms with van der Waals surface area (Å²) in [4.78, 5) is 21.3. The molecule has 1 aromatic heterocycles. The number of hydrogen-bond donors (Lipinski definition) is 1. The fourth-order valence-corrected chi connectivity index (χ4v) is 4.93. The first kappa shape index (κ1) is 21.1. The Morgan fingerprint density at radius 2 is 1.76 bits per heavy atom. The maximum absolute atomic E-state index is 13.0. The number of aromatic nitrogens is 2. The Balaban J connectivity index is 1.81. The van der Waals surface area contributed by atoms with Gasteiger partial charge in [0.2, 0.25) is 0 Å². The first-order valence-electron chi connectivity index (χ1n) is 9.45. The molecular weight excluding hydrogens is 388 g/mol. The van der Waals surface area contributed by atoms with Gasteiger partial charge in [-0.05, 0) is 26.0 Å². The Morgan fingerprint density at radius 1 is 1.17 bits per heavy atom. The number of benzene rings is 1. The molecule has 1 heterocycles. The topological polar surface area (TPSA) is 87.9 Å². The fourth-order valence-electron chi connectivity index (χ4n) is 4.72. The van der Waals surface area contributed by atoms with E-state index in [4.69, 9.17) is 21.6 Å². The van der Waals surface area contributed by atoms with E-state index in [0.717, 1.165) is 0 Å². The number of carbonyl (C=O) groups excluding carboxylic acids is 1. The molecule has 2 aromatic rings. The molecule has 1 amide bonds. The Kier molecular flexibility index (Phi) is 5.31. The standard InChI is InChI=1S/C22H25ClN4O2/c1-12-17(13(2)26-11-25-12)18(28)27-19-21(3,4)20(22(19,5)6)29-15-8-7-14(10-24)16(23)9-15/h7-9,11,19-20H,1-6H3,(H,27,28). The highest BCUT2D eigenvalue weighted by Gasteiger charge is 2.64. The van der Waals surface area contributed by atoms with E-state index in [9.17, 15) is 4.79 Å². The monoisotopic (exact) mass is 412 g/mol. The van der Waals surface area contributed by atoms with Gasteiger partial charge in [0.1, 0.15) is 24.3 Å². The van der Waals surface area contributed by atoms with E-state index in [2.05, 4.69) is 43.0 Å². The van der Waals surface area contributed by atoms with Crippen LogP contribution in [0.15, 0.2) is 24.5 Å². The number of aryl methyl sites for hydroxylation is 2. The average Bonchev–Trinajstić information content (AvgIpc) is 2.63. The van der Waals surface area contributed by atoms with Crippen molar-refractivity contribution in [2.24, 2.45) is 10.8 Å². The van der Waals surface area contributed by atoms with E-state index >= 15 is 0 Å². The average molecular weight is 413 g/mol. The number of nitrogens with zero attached hydrogens (tertiary/aromatic N) is 3. The summed E-state index contributed by atoms with van der Waals surface area (Å²) < 4.78 is 6.26. The number of nitrogens with one attached hydrogen (secondary N) is 1. The smallest absolute Gasteiger partial charge is 0.255 e. The Morgan fingerprint density at radius 3 is 2.28 bits per heavy atom. The normalized spacial score (nSPS) is 21.6. The molecular formula is C22H25ClN4O2. The minimum Gasteiger partial charge on any atom is -0.489 e. The highest BCUT2D eigenvalue weighted by atomic mass is 35.5. The van der Waals surface area contributed by atoms with Crippen LogP contribution < -0.4 is 10.1 Å². The first-order valence-corrected chi connectivity index (χ1v) is 9.83. The third-order valence-corrected chi connectivity index (χ3v) is 6.20. The molecule has 0 saturated heterocycles. The quantitative estimate of drug-likeness (QED) is 0.811. The highest BCUT2D eigenvalue weighted by Crippen LogP contribution is 2.55. The number of halogens is 1. The summed E-state index contributed by atoms with van der Waals surface area (Å²) in [5, 5.41) is 12.6. The molecule has 1 N–H and O–H groups in total. The van der Waals surface area contributed by atoms with Crippen LogP contribution in [0.4, 0.5) is 0 Å². The number of hydrogen-bond acceptors (Lipinski definition) is 5. The largest absolute Gasteiger partial charge is 0.489 e. The number of nitriles is 1. The van der Waals surface area contributed by atoms with Gasteiger partial charge in [-0.2, -0.15) is 5.26 Å². The Labute approximate surface area is 176 Å². The van der Waals surface area contributed by atoms with Gasteiger partial charge in [0, 0.05) is 22.9 Å². The van der Waals surface area contributed by atoms with Crippen LogP contribution in [0.2, 0.25) is 5.02 Å². The molecule has 1 aliphatic rings. The van der Waals surface area contributed by atoms with E-state index in [1.54, 1.807) is 32.0 Å². The molecule has 1 saturated carbocycles. The van der Waals surface area contributed by atoms with E-state index in [-0.39, 0.29) is 28.9 Å². The first-order chi connectivity index (χ1) is 13.5. The van der Waals surface area contributed by atoms with Gasteiger partial charge in [0.05, 0.1) is 27.5 Å². The fraction of sp³-hybridized carbons (Fsp3) is 0.455. The zero-order valence-electron chi connectivity index (χ0n) is 17.5. The third kappa shape index (κ3) is 3.56. The zero-order chi connectivity index (χ0) is 21.6. The summed E-state index contributed by atoms with van der Waals surface area (Å²) in [6.07, 6.45) is 1.31.